The van der Waals surface area contributed by atoms with Gasteiger partial charge in [0.15, 0.2) is 0 Å². The minimum absolute atomic E-state index is 2.17. The first-order valence-corrected chi connectivity index (χ1v) is 0.975. The van der Waals surface area contributed by atoms with Gasteiger partial charge in [-0.1, -0.05) is 0 Å². The summed E-state index contributed by atoms with van der Waals surface area (Å²) in [6, 6.07) is 0. The van der Waals surface area contributed by atoms with Gasteiger partial charge < -0.3 is 15.1 Å². The Kier molecular flexibility index (Phi) is 13.3. The summed E-state index contributed by atoms with van der Waals surface area (Å²) in [4.78, 5) is 0. The Hall–Kier alpha value is -0.635. The Balaban J connectivity index is 0. The van der Waals surface area contributed by atoms with Crippen LogP contribution in [-0.2, 0) is 0 Å². The zero-order valence-electron chi connectivity index (χ0n) is 2.81. The van der Waals surface area contributed by atoms with Crippen molar-refractivity contribution in [2.24, 2.45) is 0 Å². The van der Waals surface area contributed by atoms with Crippen LogP contribution in [0, 0.1) is 10.8 Å². The highest BCUT2D eigenvalue weighted by Crippen LogP contribution is 1.40. The van der Waals surface area contributed by atoms with Crippen LogP contribution in [0.15, 0.2) is 0 Å². The van der Waals surface area contributed by atoms with Crippen molar-refractivity contribution in [1.29, 1.82) is 10.8 Å². The Bertz CT molecular complexity index is 30.3. The lowest BCUT2D eigenvalue weighted by atomic mass is 10.3. The van der Waals surface area contributed by atoms with Gasteiger partial charge in [0.25, 0.3) is 0 Å². The van der Waals surface area contributed by atoms with E-state index in [0.717, 1.165) is 0 Å². The third kappa shape index (κ3) is 46.7. The van der Waals surface area contributed by atoms with E-state index in [0.29, 0.717) is 0 Å². The molecule has 0 radical (unpaired) electrons. The van der Waals surface area contributed by atoms with Gasteiger partial charge in [0.05, 0.1) is 0 Å². The van der Waals surface area contributed by atoms with Crippen LogP contribution in [0.4, 0.5) is 0 Å². The second-order valence-electron chi connectivity index (χ2n) is 0.346. The molecule has 0 aromatic heterocycles. The largest absolute Gasteiger partial charge is 0.631 e. The third-order valence-electron chi connectivity index (χ3n) is 0. The first-order valence-electron chi connectivity index (χ1n) is 0.975. The summed E-state index contributed by atoms with van der Waals surface area (Å²) in [6.07, 6.45) is 0. The summed E-state index contributed by atoms with van der Waals surface area (Å²) in [7, 11) is -2.17. The lowest BCUT2D eigenvalue weighted by molar-refractivity contribution is 0.278. The fraction of sp³-hybridized carbons (Fsp3) is 0. The molecule has 0 aliphatic heterocycles. The molecule has 0 spiro atoms. The summed E-state index contributed by atoms with van der Waals surface area (Å²) < 4.78 is 0. The molecule has 0 heterocycles. The fourth-order valence-corrected chi connectivity index (χ4v) is 0. The molecule has 0 saturated heterocycles. The molecule has 0 atom stereocenters. The average molecular weight is 89.8 g/mol. The minimum atomic E-state index is -2.17. The molecule has 0 aliphatic rings. The van der Waals surface area contributed by atoms with Crippen molar-refractivity contribution in [3.8, 4) is 0 Å². The van der Waals surface area contributed by atoms with E-state index in [1.807, 2.05) is 0 Å². The molecule has 0 fully saturated rings. The molecule has 3 N–H and O–H groups in total. The normalized spacial score (nSPS) is 4.83. The predicted molar refractivity (Wildman–Crippen MR) is 15.9 cm³/mol. The molecule has 0 unspecified atom stereocenters. The summed E-state index contributed by atoms with van der Waals surface area (Å²) in [5, 5.41) is 33.5. The van der Waals surface area contributed by atoms with E-state index in [1.165, 1.54) is 0 Å². The quantitative estimate of drug-likeness (QED) is 0.235. The number of hydrogen-bond donors (Lipinski definition) is 3. The standard InChI is InChI=1S/BH3O3.N2/c2-1(3)4;1-2/h2-4H;. The van der Waals surface area contributed by atoms with Crippen molar-refractivity contribution >= 4 is 7.32 Å². The van der Waals surface area contributed by atoms with Gasteiger partial charge in [-0.25, -0.2) is 0 Å². The summed E-state index contributed by atoms with van der Waals surface area (Å²) in [6.45, 7) is 0. The lowest BCUT2D eigenvalue weighted by Crippen LogP contribution is -2.07. The topological polar surface area (TPSA) is 108 Å². The van der Waals surface area contributed by atoms with E-state index in [9.17, 15) is 0 Å². The molecule has 0 aromatic carbocycles. The van der Waals surface area contributed by atoms with Crippen molar-refractivity contribution < 1.29 is 15.1 Å². The van der Waals surface area contributed by atoms with Crippen LogP contribution in [0.25, 0.3) is 0 Å². The first kappa shape index (κ1) is 9.03. The van der Waals surface area contributed by atoms with E-state index >= 15 is 0 Å². The first-order chi connectivity index (χ1) is 2.73. The maximum absolute atomic E-state index is 7.17. The van der Waals surface area contributed by atoms with Crippen molar-refractivity contribution in [2.45, 2.75) is 0 Å². The van der Waals surface area contributed by atoms with Gasteiger partial charge in [-0.15, -0.1) is 0 Å². The highest BCUT2D eigenvalue weighted by atomic mass is 16.5. The SMILES string of the molecule is N#N.OB(O)O. The van der Waals surface area contributed by atoms with Gasteiger partial charge in [-0.3, -0.25) is 0 Å². The van der Waals surface area contributed by atoms with Gasteiger partial charge in [-0.2, -0.15) is 0 Å². The van der Waals surface area contributed by atoms with E-state index in [1.54, 1.807) is 0 Å². The van der Waals surface area contributed by atoms with Crippen molar-refractivity contribution in [1.82, 2.24) is 0 Å². The Morgan fingerprint density at radius 3 is 1.00 bits per heavy atom. The van der Waals surface area contributed by atoms with E-state index in [-0.39, 0.29) is 0 Å². The molecule has 0 saturated carbocycles. The van der Waals surface area contributed by atoms with Crippen molar-refractivity contribution in [3.63, 3.8) is 0 Å². The fourth-order valence-electron chi connectivity index (χ4n) is 0. The van der Waals surface area contributed by atoms with Crippen LogP contribution in [0.3, 0.4) is 0 Å². The molecule has 0 bridgehead atoms. The number of rotatable bonds is 0. The van der Waals surface area contributed by atoms with Gasteiger partial charge in [0, 0.05) is 10.8 Å². The molecule has 0 aliphatic carbocycles. The predicted octanol–water partition coefficient (Wildman–Crippen LogP) is -2.02. The molecule has 0 aromatic rings. The molecule has 0 rings (SSSR count). The summed E-state index contributed by atoms with van der Waals surface area (Å²) >= 11 is 0. The van der Waals surface area contributed by atoms with Crippen molar-refractivity contribution in [2.75, 3.05) is 0 Å². The number of nitrogens with zero attached hydrogens (tertiary/aromatic N) is 2. The average Bonchev–Trinajstić information content (AvgIpc) is 1.41. The maximum atomic E-state index is 7.17. The zero-order chi connectivity index (χ0) is 5.58. The zero-order valence-corrected chi connectivity index (χ0v) is 2.81. The van der Waals surface area contributed by atoms with E-state index in [2.05, 4.69) is 0 Å². The second-order valence-corrected chi connectivity index (χ2v) is 0.346. The van der Waals surface area contributed by atoms with Gasteiger partial charge in [-0.05, 0) is 0 Å². The van der Waals surface area contributed by atoms with Gasteiger partial charge in [0.2, 0.25) is 0 Å². The van der Waals surface area contributed by atoms with Crippen LogP contribution in [-0.4, -0.2) is 22.4 Å². The number of hydrogen-bond acceptors (Lipinski definition) is 5. The van der Waals surface area contributed by atoms with Crippen LogP contribution < -0.4 is 0 Å². The minimum Gasteiger partial charge on any atom is -0.402 e. The van der Waals surface area contributed by atoms with E-state index in [4.69, 9.17) is 25.9 Å². The molecule has 6 heavy (non-hydrogen) atoms. The van der Waals surface area contributed by atoms with Gasteiger partial charge >= 0.3 is 7.32 Å². The molecule has 6 heteroatoms. The second kappa shape index (κ2) is 8.84. The molecule has 5 nitrogen and oxygen atoms in total. The van der Waals surface area contributed by atoms with Crippen LogP contribution in [0.1, 0.15) is 0 Å². The van der Waals surface area contributed by atoms with Crippen LogP contribution >= 0.6 is 0 Å². The molecular weight excluding hydrogens is 86.8 g/mol. The lowest BCUT2D eigenvalue weighted by Gasteiger charge is -1.69. The summed E-state index contributed by atoms with van der Waals surface area (Å²) in [5.74, 6) is 0. The monoisotopic (exact) mass is 90.0 g/mol. The molecule has 0 amide bonds. The van der Waals surface area contributed by atoms with E-state index < -0.39 is 7.32 Å². The Labute approximate surface area is 34.4 Å². The van der Waals surface area contributed by atoms with Crippen molar-refractivity contribution in [3.05, 3.63) is 0 Å². The third-order valence-corrected chi connectivity index (χ3v) is 0. The highest BCUT2D eigenvalue weighted by molar-refractivity contribution is 6.30. The van der Waals surface area contributed by atoms with Crippen LogP contribution in [0.2, 0.25) is 0 Å². The maximum Gasteiger partial charge on any atom is 0.631 e. The molecule has 34 valence electrons. The Morgan fingerprint density at radius 1 is 1.00 bits per heavy atom. The van der Waals surface area contributed by atoms with Crippen LogP contribution in [0.5, 0.6) is 0 Å². The van der Waals surface area contributed by atoms with Gasteiger partial charge in [0.1, 0.15) is 0 Å². The summed E-state index contributed by atoms with van der Waals surface area (Å²) in [5.41, 5.74) is 0. The Morgan fingerprint density at radius 2 is 1.00 bits per heavy atom. The highest BCUT2D eigenvalue weighted by Gasteiger charge is 1.92. The molecular formula is H3BN2O3. The smallest absolute Gasteiger partial charge is 0.402 e.